The molecular weight excluding hydrogens is 250 g/mol. The predicted octanol–water partition coefficient (Wildman–Crippen LogP) is 2.61. The second-order valence-electron chi connectivity index (χ2n) is 4.69. The third-order valence-corrected chi connectivity index (χ3v) is 3.44. The van der Waals surface area contributed by atoms with E-state index in [0.717, 1.165) is 30.3 Å². The first-order valence-electron chi connectivity index (χ1n) is 6.76. The van der Waals surface area contributed by atoms with E-state index in [-0.39, 0.29) is 0 Å². The van der Waals surface area contributed by atoms with E-state index < -0.39 is 0 Å². The van der Waals surface area contributed by atoms with Gasteiger partial charge in [0.1, 0.15) is 5.82 Å². The normalized spacial score (nSPS) is 10.9. The van der Waals surface area contributed by atoms with Crippen molar-refractivity contribution in [2.75, 3.05) is 5.32 Å². The number of anilines is 1. The van der Waals surface area contributed by atoms with Gasteiger partial charge in [0.2, 0.25) is 5.65 Å². The quantitative estimate of drug-likeness (QED) is 0.789. The van der Waals surface area contributed by atoms with Crippen LogP contribution in [0.25, 0.3) is 5.65 Å². The average Bonchev–Trinajstić information content (AvgIpc) is 2.88. The molecule has 0 amide bonds. The molecule has 20 heavy (non-hydrogen) atoms. The van der Waals surface area contributed by atoms with Crippen LogP contribution in [0.3, 0.4) is 0 Å². The van der Waals surface area contributed by atoms with Gasteiger partial charge >= 0.3 is 0 Å². The van der Waals surface area contributed by atoms with Crippen LogP contribution in [-0.4, -0.2) is 19.6 Å². The van der Waals surface area contributed by atoms with E-state index in [1.807, 2.05) is 17.5 Å². The van der Waals surface area contributed by atoms with Gasteiger partial charge in [-0.15, -0.1) is 10.2 Å². The van der Waals surface area contributed by atoms with Crippen LogP contribution in [0.5, 0.6) is 0 Å². The van der Waals surface area contributed by atoms with Gasteiger partial charge in [-0.1, -0.05) is 31.2 Å². The Hall–Kier alpha value is -2.43. The largest absolute Gasteiger partial charge is 0.363 e. The van der Waals surface area contributed by atoms with Crippen LogP contribution in [0, 0.1) is 6.92 Å². The lowest BCUT2D eigenvalue weighted by Gasteiger charge is -2.10. The molecule has 2 heterocycles. The number of benzene rings is 1. The number of hydrogen-bond acceptors (Lipinski definition) is 4. The number of nitrogens with one attached hydrogen (secondary N) is 1. The highest BCUT2D eigenvalue weighted by atomic mass is 15.3. The van der Waals surface area contributed by atoms with E-state index >= 15 is 0 Å². The Bertz CT molecular complexity index is 732. The minimum absolute atomic E-state index is 0.739. The Morgan fingerprint density at radius 1 is 1.15 bits per heavy atom. The van der Waals surface area contributed by atoms with Crippen molar-refractivity contribution in [2.45, 2.75) is 26.8 Å². The molecule has 0 atom stereocenters. The van der Waals surface area contributed by atoms with Crippen LogP contribution >= 0.6 is 0 Å². The van der Waals surface area contributed by atoms with Gasteiger partial charge in [0.25, 0.3) is 0 Å². The molecule has 0 saturated heterocycles. The lowest BCUT2D eigenvalue weighted by molar-refractivity contribution is 0.997. The van der Waals surface area contributed by atoms with Gasteiger partial charge in [0.05, 0.1) is 0 Å². The monoisotopic (exact) mass is 267 g/mol. The molecule has 0 saturated carbocycles. The van der Waals surface area contributed by atoms with Crippen molar-refractivity contribution in [3.8, 4) is 0 Å². The maximum absolute atomic E-state index is 4.36. The molecule has 5 nitrogen and oxygen atoms in total. The molecule has 0 aliphatic carbocycles. The molecule has 0 spiro atoms. The van der Waals surface area contributed by atoms with Crippen LogP contribution in [-0.2, 0) is 13.0 Å². The molecule has 1 aromatic carbocycles. The molecular formula is C15H17N5. The van der Waals surface area contributed by atoms with Crippen molar-refractivity contribution in [1.82, 2.24) is 19.6 Å². The summed E-state index contributed by atoms with van der Waals surface area (Å²) < 4.78 is 1.93. The van der Waals surface area contributed by atoms with E-state index in [9.17, 15) is 0 Å². The third-order valence-electron chi connectivity index (χ3n) is 3.44. The second kappa shape index (κ2) is 5.28. The summed E-state index contributed by atoms with van der Waals surface area (Å²) in [5, 5.41) is 11.6. The van der Waals surface area contributed by atoms with E-state index in [2.05, 4.69) is 51.7 Å². The Labute approximate surface area is 117 Å². The van der Waals surface area contributed by atoms with Crippen molar-refractivity contribution in [3.63, 3.8) is 0 Å². The van der Waals surface area contributed by atoms with Crippen LogP contribution < -0.4 is 5.32 Å². The predicted molar refractivity (Wildman–Crippen MR) is 78.7 cm³/mol. The summed E-state index contributed by atoms with van der Waals surface area (Å²) in [7, 11) is 0. The zero-order valence-corrected chi connectivity index (χ0v) is 11.7. The molecule has 2 aromatic heterocycles. The fraction of sp³-hybridized carbons (Fsp3) is 0.267. The van der Waals surface area contributed by atoms with Crippen LogP contribution in [0.1, 0.15) is 23.9 Å². The molecule has 3 aromatic rings. The van der Waals surface area contributed by atoms with Gasteiger partial charge < -0.3 is 5.32 Å². The molecule has 0 aliphatic rings. The zero-order chi connectivity index (χ0) is 13.9. The molecule has 102 valence electrons. The van der Waals surface area contributed by atoms with Crippen LogP contribution in [0.15, 0.2) is 36.7 Å². The zero-order valence-electron chi connectivity index (χ0n) is 11.7. The second-order valence-corrected chi connectivity index (χ2v) is 4.69. The summed E-state index contributed by atoms with van der Waals surface area (Å²) in [6, 6.07) is 8.43. The topological polar surface area (TPSA) is 55.1 Å². The SMILES string of the molecule is CCc1ccccc1CNc1nccn2c(C)nnc12. The highest BCUT2D eigenvalue weighted by Crippen LogP contribution is 2.15. The maximum Gasteiger partial charge on any atom is 0.203 e. The van der Waals surface area contributed by atoms with Crippen LogP contribution in [0.2, 0.25) is 0 Å². The standard InChI is InChI=1S/C15H17N5/c1-3-12-6-4-5-7-13(12)10-17-14-15-19-18-11(2)20(15)9-8-16-14/h4-9H,3,10H2,1-2H3,(H,16,17). The number of fused-ring (bicyclic) bond motifs is 1. The summed E-state index contributed by atoms with van der Waals surface area (Å²) in [6.07, 6.45) is 4.66. The van der Waals surface area contributed by atoms with Gasteiger partial charge in [-0.25, -0.2) is 4.98 Å². The van der Waals surface area contributed by atoms with Gasteiger partial charge in [0.15, 0.2) is 5.82 Å². The van der Waals surface area contributed by atoms with E-state index in [1.54, 1.807) is 6.20 Å². The molecule has 1 N–H and O–H groups in total. The van der Waals surface area contributed by atoms with Crippen molar-refractivity contribution in [1.29, 1.82) is 0 Å². The first-order valence-corrected chi connectivity index (χ1v) is 6.76. The number of nitrogens with zero attached hydrogens (tertiary/aromatic N) is 4. The Morgan fingerprint density at radius 2 is 1.95 bits per heavy atom. The number of aromatic nitrogens is 4. The summed E-state index contributed by atoms with van der Waals surface area (Å²) in [6.45, 7) is 4.83. The fourth-order valence-electron chi connectivity index (χ4n) is 2.32. The molecule has 0 bridgehead atoms. The molecule has 3 rings (SSSR count). The number of aryl methyl sites for hydroxylation is 2. The first kappa shape index (κ1) is 12.6. The summed E-state index contributed by atoms with van der Waals surface area (Å²) in [5.74, 6) is 1.62. The van der Waals surface area contributed by atoms with Gasteiger partial charge in [-0.2, -0.15) is 0 Å². The summed E-state index contributed by atoms with van der Waals surface area (Å²) in [4.78, 5) is 4.36. The Morgan fingerprint density at radius 3 is 2.75 bits per heavy atom. The number of hydrogen-bond donors (Lipinski definition) is 1. The minimum atomic E-state index is 0.739. The molecule has 5 heteroatoms. The van der Waals surface area contributed by atoms with Gasteiger partial charge in [-0.3, -0.25) is 4.40 Å². The van der Waals surface area contributed by atoms with Crippen LogP contribution in [0.4, 0.5) is 5.82 Å². The van der Waals surface area contributed by atoms with Crippen molar-refractivity contribution in [2.24, 2.45) is 0 Å². The Kier molecular flexibility index (Phi) is 3.33. The molecule has 0 aliphatic heterocycles. The molecule has 0 radical (unpaired) electrons. The molecule has 0 unspecified atom stereocenters. The maximum atomic E-state index is 4.36. The summed E-state index contributed by atoms with van der Waals surface area (Å²) >= 11 is 0. The fourth-order valence-corrected chi connectivity index (χ4v) is 2.32. The minimum Gasteiger partial charge on any atom is -0.363 e. The first-order chi connectivity index (χ1) is 9.79. The average molecular weight is 267 g/mol. The van der Waals surface area contributed by atoms with Gasteiger partial charge in [-0.05, 0) is 24.5 Å². The molecule has 0 fully saturated rings. The lowest BCUT2D eigenvalue weighted by atomic mass is 10.1. The summed E-state index contributed by atoms with van der Waals surface area (Å²) in [5.41, 5.74) is 3.40. The Balaban J connectivity index is 1.87. The van der Waals surface area contributed by atoms with Gasteiger partial charge in [0, 0.05) is 18.9 Å². The lowest BCUT2D eigenvalue weighted by Crippen LogP contribution is -2.05. The smallest absolute Gasteiger partial charge is 0.203 e. The van der Waals surface area contributed by atoms with Crippen molar-refractivity contribution in [3.05, 3.63) is 53.6 Å². The highest BCUT2D eigenvalue weighted by molar-refractivity contribution is 5.62. The van der Waals surface area contributed by atoms with Crippen molar-refractivity contribution >= 4 is 11.5 Å². The highest BCUT2D eigenvalue weighted by Gasteiger charge is 2.07. The third kappa shape index (κ3) is 2.22. The van der Waals surface area contributed by atoms with Crippen molar-refractivity contribution < 1.29 is 0 Å². The number of rotatable bonds is 4. The van der Waals surface area contributed by atoms with E-state index in [0.29, 0.717) is 0 Å². The van der Waals surface area contributed by atoms with E-state index in [4.69, 9.17) is 0 Å². The van der Waals surface area contributed by atoms with E-state index in [1.165, 1.54) is 11.1 Å².